The standard InChI is InChI=1S/C21H27NO6S/c1-25-16-8-9-19(27-3)20(14-16)29(23,24)22-15-21(10-12-28-13-11-21)17-6-4-5-7-18(17)26-2/h4-9,14,22H,10-13,15H2,1-3H3. The number of nitrogens with one attached hydrogen (secondary N) is 1. The van der Waals surface area contributed by atoms with Gasteiger partial charge >= 0.3 is 0 Å². The molecule has 2 aromatic carbocycles. The molecule has 0 radical (unpaired) electrons. The second kappa shape index (κ2) is 9.02. The van der Waals surface area contributed by atoms with Gasteiger partial charge in [0.15, 0.2) is 0 Å². The monoisotopic (exact) mass is 421 g/mol. The van der Waals surface area contributed by atoms with Crippen molar-refractivity contribution in [1.29, 1.82) is 0 Å². The summed E-state index contributed by atoms with van der Waals surface area (Å²) in [5, 5.41) is 0. The number of methoxy groups -OCH3 is 3. The van der Waals surface area contributed by atoms with Gasteiger partial charge in [-0.2, -0.15) is 0 Å². The van der Waals surface area contributed by atoms with Crippen molar-refractivity contribution in [3.05, 3.63) is 48.0 Å². The predicted octanol–water partition coefficient (Wildman–Crippen LogP) is 2.74. The van der Waals surface area contributed by atoms with E-state index in [1.807, 2.05) is 24.3 Å². The van der Waals surface area contributed by atoms with E-state index in [1.54, 1.807) is 19.2 Å². The van der Waals surface area contributed by atoms with E-state index in [0.29, 0.717) is 31.8 Å². The van der Waals surface area contributed by atoms with Crippen LogP contribution in [0.15, 0.2) is 47.4 Å². The molecular formula is C21H27NO6S. The Balaban J connectivity index is 1.94. The molecule has 1 aliphatic rings. The van der Waals surface area contributed by atoms with Crippen molar-refractivity contribution in [2.45, 2.75) is 23.2 Å². The van der Waals surface area contributed by atoms with Gasteiger partial charge in [-0.15, -0.1) is 0 Å². The van der Waals surface area contributed by atoms with Gasteiger partial charge in [0.1, 0.15) is 22.1 Å². The third-order valence-electron chi connectivity index (χ3n) is 5.39. The number of rotatable bonds is 8. The Hall–Kier alpha value is -2.29. The Kier molecular flexibility index (Phi) is 6.66. The molecule has 0 bridgehead atoms. The lowest BCUT2D eigenvalue weighted by Gasteiger charge is -2.38. The Morgan fingerprint density at radius 1 is 0.966 bits per heavy atom. The normalized spacial score (nSPS) is 16.2. The molecule has 0 aromatic heterocycles. The lowest BCUT2D eigenvalue weighted by Crippen LogP contribution is -2.44. The zero-order valence-corrected chi connectivity index (χ0v) is 17.8. The van der Waals surface area contributed by atoms with Crippen molar-refractivity contribution in [2.24, 2.45) is 0 Å². The van der Waals surface area contributed by atoms with E-state index < -0.39 is 15.4 Å². The molecule has 1 N–H and O–H groups in total. The van der Waals surface area contributed by atoms with Crippen LogP contribution in [0.3, 0.4) is 0 Å². The SMILES string of the molecule is COc1ccc(OC)c(S(=O)(=O)NCC2(c3ccccc3OC)CCOCC2)c1. The van der Waals surface area contributed by atoms with Crippen LogP contribution >= 0.6 is 0 Å². The Morgan fingerprint density at radius 2 is 1.66 bits per heavy atom. The molecule has 2 aromatic rings. The van der Waals surface area contributed by atoms with Crippen molar-refractivity contribution in [2.75, 3.05) is 41.1 Å². The fourth-order valence-corrected chi connectivity index (χ4v) is 5.00. The van der Waals surface area contributed by atoms with E-state index in [4.69, 9.17) is 18.9 Å². The Morgan fingerprint density at radius 3 is 2.31 bits per heavy atom. The number of sulfonamides is 1. The van der Waals surface area contributed by atoms with Gasteiger partial charge in [0.2, 0.25) is 10.0 Å². The molecule has 0 amide bonds. The molecule has 0 saturated carbocycles. The smallest absolute Gasteiger partial charge is 0.244 e. The number of hydrogen-bond acceptors (Lipinski definition) is 6. The number of benzene rings is 2. The van der Waals surface area contributed by atoms with Crippen LogP contribution < -0.4 is 18.9 Å². The highest BCUT2D eigenvalue weighted by molar-refractivity contribution is 7.89. The van der Waals surface area contributed by atoms with Crippen molar-refractivity contribution >= 4 is 10.0 Å². The summed E-state index contributed by atoms with van der Waals surface area (Å²) in [4.78, 5) is 0.0431. The Bertz CT molecular complexity index is 938. The highest BCUT2D eigenvalue weighted by Crippen LogP contribution is 2.40. The summed E-state index contributed by atoms with van der Waals surface area (Å²) in [6, 6.07) is 12.4. The van der Waals surface area contributed by atoms with E-state index in [2.05, 4.69) is 4.72 Å². The van der Waals surface area contributed by atoms with Crippen LogP contribution in [0.4, 0.5) is 0 Å². The fraction of sp³-hybridized carbons (Fsp3) is 0.429. The van der Waals surface area contributed by atoms with Gasteiger partial charge in [-0.05, 0) is 31.0 Å². The second-order valence-electron chi connectivity index (χ2n) is 6.93. The van der Waals surface area contributed by atoms with Crippen LogP contribution in [0.25, 0.3) is 0 Å². The summed E-state index contributed by atoms with van der Waals surface area (Å²) >= 11 is 0. The third kappa shape index (κ3) is 4.49. The maximum atomic E-state index is 13.1. The fourth-order valence-electron chi connectivity index (χ4n) is 3.69. The summed E-state index contributed by atoms with van der Waals surface area (Å²) in [5.41, 5.74) is 0.551. The zero-order chi connectivity index (χ0) is 20.9. The molecule has 8 heteroatoms. The molecule has 0 spiro atoms. The van der Waals surface area contributed by atoms with Gasteiger partial charge in [-0.1, -0.05) is 18.2 Å². The lowest BCUT2D eigenvalue weighted by atomic mass is 9.74. The summed E-state index contributed by atoms with van der Waals surface area (Å²) < 4.78 is 50.6. The van der Waals surface area contributed by atoms with E-state index >= 15 is 0 Å². The second-order valence-corrected chi connectivity index (χ2v) is 8.67. The molecule has 0 aliphatic carbocycles. The number of para-hydroxylation sites is 1. The largest absolute Gasteiger partial charge is 0.497 e. The third-order valence-corrected chi connectivity index (χ3v) is 6.81. The van der Waals surface area contributed by atoms with Crippen molar-refractivity contribution in [3.8, 4) is 17.2 Å². The maximum Gasteiger partial charge on any atom is 0.244 e. The average molecular weight is 422 g/mol. The molecule has 1 saturated heterocycles. The van der Waals surface area contributed by atoms with Gasteiger partial charge in [0, 0.05) is 36.8 Å². The van der Waals surface area contributed by atoms with Crippen molar-refractivity contribution in [1.82, 2.24) is 4.72 Å². The van der Waals surface area contributed by atoms with E-state index in [1.165, 1.54) is 20.3 Å². The highest BCUT2D eigenvalue weighted by atomic mass is 32.2. The zero-order valence-electron chi connectivity index (χ0n) is 16.9. The minimum atomic E-state index is -3.84. The van der Waals surface area contributed by atoms with Crippen LogP contribution in [0.1, 0.15) is 18.4 Å². The first kappa shape index (κ1) is 21.4. The molecule has 158 valence electrons. The summed E-state index contributed by atoms with van der Waals surface area (Å²) in [6.45, 7) is 1.34. The van der Waals surface area contributed by atoms with Crippen molar-refractivity contribution < 1.29 is 27.4 Å². The van der Waals surface area contributed by atoms with Gasteiger partial charge < -0.3 is 18.9 Å². The molecule has 29 heavy (non-hydrogen) atoms. The van der Waals surface area contributed by atoms with Gasteiger partial charge in [-0.3, -0.25) is 0 Å². The topological polar surface area (TPSA) is 83.1 Å². The first-order valence-electron chi connectivity index (χ1n) is 9.39. The molecule has 1 heterocycles. The van der Waals surface area contributed by atoms with Gasteiger partial charge in [0.25, 0.3) is 0 Å². The minimum Gasteiger partial charge on any atom is -0.497 e. The van der Waals surface area contributed by atoms with E-state index in [0.717, 1.165) is 11.3 Å². The minimum absolute atomic E-state index is 0.0431. The maximum absolute atomic E-state index is 13.1. The van der Waals surface area contributed by atoms with E-state index in [9.17, 15) is 8.42 Å². The summed E-state index contributed by atoms with van der Waals surface area (Å²) in [7, 11) is 0.715. The molecule has 1 aliphatic heterocycles. The lowest BCUT2D eigenvalue weighted by molar-refractivity contribution is 0.0509. The molecule has 3 rings (SSSR count). The van der Waals surface area contributed by atoms with Gasteiger partial charge in [0.05, 0.1) is 21.3 Å². The van der Waals surface area contributed by atoms with Gasteiger partial charge in [-0.25, -0.2) is 13.1 Å². The quantitative estimate of drug-likeness (QED) is 0.706. The van der Waals surface area contributed by atoms with Crippen LogP contribution in [0.5, 0.6) is 17.2 Å². The van der Waals surface area contributed by atoms with Crippen LogP contribution in [-0.4, -0.2) is 49.5 Å². The number of ether oxygens (including phenoxy) is 4. The molecule has 7 nitrogen and oxygen atoms in total. The average Bonchev–Trinajstić information content (AvgIpc) is 2.78. The molecule has 0 atom stereocenters. The number of hydrogen-bond donors (Lipinski definition) is 1. The Labute approximate surface area is 172 Å². The molecule has 0 unspecified atom stereocenters. The molecular weight excluding hydrogens is 394 g/mol. The van der Waals surface area contributed by atoms with E-state index in [-0.39, 0.29) is 17.2 Å². The van der Waals surface area contributed by atoms with Crippen LogP contribution in [0, 0.1) is 0 Å². The van der Waals surface area contributed by atoms with Crippen LogP contribution in [-0.2, 0) is 20.2 Å². The first-order chi connectivity index (χ1) is 14.0. The summed E-state index contributed by atoms with van der Waals surface area (Å²) in [5.74, 6) is 1.45. The highest BCUT2D eigenvalue weighted by Gasteiger charge is 2.38. The predicted molar refractivity (Wildman–Crippen MR) is 109 cm³/mol. The summed E-state index contributed by atoms with van der Waals surface area (Å²) in [6.07, 6.45) is 1.37. The van der Waals surface area contributed by atoms with Crippen LogP contribution in [0.2, 0.25) is 0 Å². The molecule has 1 fully saturated rings. The van der Waals surface area contributed by atoms with Crippen molar-refractivity contribution in [3.63, 3.8) is 0 Å². The first-order valence-corrected chi connectivity index (χ1v) is 10.9.